The Hall–Kier alpha value is -6.51. The summed E-state index contributed by atoms with van der Waals surface area (Å²) in [5.74, 6) is 0.815. The highest BCUT2D eigenvalue weighted by molar-refractivity contribution is 5.86. The minimum absolute atomic E-state index is 0.110. The lowest BCUT2D eigenvalue weighted by Gasteiger charge is -2.30. The normalized spacial score (nSPS) is 17.7. The summed E-state index contributed by atoms with van der Waals surface area (Å²) >= 11 is 0. The number of carbonyl (C=O) groups excluding carboxylic acids is 4. The lowest BCUT2D eigenvalue weighted by atomic mass is 10.0. The fourth-order valence-electron chi connectivity index (χ4n) is 7.73. The van der Waals surface area contributed by atoms with Crippen LogP contribution in [0.1, 0.15) is 68.8 Å². The number of ether oxygens (including phenoxy) is 2. The zero-order valence-electron chi connectivity index (χ0n) is 32.2. The molecule has 4 amide bonds. The Morgan fingerprint density at radius 2 is 1.26 bits per heavy atom. The van der Waals surface area contributed by atoms with Crippen molar-refractivity contribution in [1.29, 1.82) is 0 Å². The van der Waals surface area contributed by atoms with Crippen LogP contribution in [0.2, 0.25) is 0 Å². The molecule has 296 valence electrons. The predicted molar refractivity (Wildman–Crippen MR) is 211 cm³/mol. The molecular weight excluding hydrogens is 727 g/mol. The standard InChI is InChI=1S/C42H47N9O6/c1-25(2)36(49-42(55)56-3)40(53)51-21-5-7-34(51)38-46-24-32(48-38)30-14-10-28(11-15-30)27-8-12-29(13-9-27)31-23-45-37(47-31)33-6-4-20-50(33)39(52)35(57-41(43)54)22-26-16-18-44-19-17-26/h8-19,23-25,33-36H,4-7,20-22H2,1-3H3,(H2,43,54)(H,45,47)(H,46,48)(H,49,55)/t33-,34?,35-,36?/m0/s1. The minimum atomic E-state index is -1.06. The number of likely N-dealkylation sites (tertiary alicyclic amines) is 2. The van der Waals surface area contributed by atoms with Crippen LogP contribution in [0.15, 0.2) is 85.5 Å². The van der Waals surface area contributed by atoms with Gasteiger partial charge in [0.1, 0.15) is 17.7 Å². The molecule has 3 aromatic heterocycles. The van der Waals surface area contributed by atoms with Crippen molar-refractivity contribution in [2.75, 3.05) is 20.2 Å². The molecule has 2 saturated heterocycles. The number of methoxy groups -OCH3 is 1. The highest BCUT2D eigenvalue weighted by Gasteiger charge is 2.39. The summed E-state index contributed by atoms with van der Waals surface area (Å²) in [6.07, 6.45) is 7.45. The first-order chi connectivity index (χ1) is 27.6. The van der Waals surface area contributed by atoms with Gasteiger partial charge < -0.3 is 40.3 Å². The van der Waals surface area contributed by atoms with Crippen LogP contribution >= 0.6 is 0 Å². The second-order valence-corrected chi connectivity index (χ2v) is 14.7. The lowest BCUT2D eigenvalue weighted by Crippen LogP contribution is -2.51. The quantitative estimate of drug-likeness (QED) is 0.118. The van der Waals surface area contributed by atoms with Gasteiger partial charge in [-0.15, -0.1) is 0 Å². The van der Waals surface area contributed by atoms with Crippen LogP contribution in [0, 0.1) is 5.92 Å². The Kier molecular flexibility index (Phi) is 11.6. The molecule has 0 bridgehead atoms. The Labute approximate surface area is 330 Å². The molecule has 0 saturated carbocycles. The van der Waals surface area contributed by atoms with Crippen LogP contribution < -0.4 is 11.1 Å². The summed E-state index contributed by atoms with van der Waals surface area (Å²) in [6.45, 7) is 4.89. The molecule has 0 radical (unpaired) electrons. The summed E-state index contributed by atoms with van der Waals surface area (Å²) in [4.78, 5) is 74.6. The first-order valence-corrected chi connectivity index (χ1v) is 19.2. The molecule has 5 heterocycles. The van der Waals surface area contributed by atoms with Gasteiger partial charge in [0.05, 0.1) is 43.0 Å². The van der Waals surface area contributed by atoms with Crippen molar-refractivity contribution in [3.63, 3.8) is 0 Å². The minimum Gasteiger partial charge on any atom is -0.453 e. The topological polar surface area (TPSA) is 202 Å². The maximum Gasteiger partial charge on any atom is 0.407 e. The maximum atomic E-state index is 13.7. The number of aromatic nitrogens is 5. The number of aromatic amines is 2. The zero-order chi connectivity index (χ0) is 40.1. The number of hydrogen-bond acceptors (Lipinski definition) is 9. The molecule has 0 aliphatic carbocycles. The number of imidazole rings is 2. The zero-order valence-corrected chi connectivity index (χ0v) is 32.2. The van der Waals surface area contributed by atoms with Crippen LogP contribution in [-0.2, 0) is 25.5 Å². The van der Waals surface area contributed by atoms with Crippen LogP contribution in [0.3, 0.4) is 0 Å². The molecule has 2 aliphatic heterocycles. The third kappa shape index (κ3) is 8.67. The van der Waals surface area contributed by atoms with Gasteiger partial charge in [-0.1, -0.05) is 62.4 Å². The summed E-state index contributed by atoms with van der Waals surface area (Å²) in [5, 5.41) is 2.69. The summed E-state index contributed by atoms with van der Waals surface area (Å²) < 4.78 is 10.0. The van der Waals surface area contributed by atoms with E-state index in [2.05, 4.69) is 54.5 Å². The van der Waals surface area contributed by atoms with Crippen molar-refractivity contribution in [2.24, 2.45) is 11.7 Å². The number of nitrogens with two attached hydrogens (primary N) is 1. The van der Waals surface area contributed by atoms with E-state index < -0.39 is 24.3 Å². The van der Waals surface area contributed by atoms with E-state index in [4.69, 9.17) is 15.2 Å². The smallest absolute Gasteiger partial charge is 0.407 e. The lowest BCUT2D eigenvalue weighted by molar-refractivity contribution is -0.141. The molecule has 5 aromatic rings. The van der Waals surface area contributed by atoms with Gasteiger partial charge in [-0.05, 0) is 71.6 Å². The maximum absolute atomic E-state index is 13.7. The van der Waals surface area contributed by atoms with Crippen molar-refractivity contribution in [2.45, 2.75) is 70.2 Å². The van der Waals surface area contributed by atoms with Gasteiger partial charge in [-0.2, -0.15) is 0 Å². The largest absolute Gasteiger partial charge is 0.453 e. The van der Waals surface area contributed by atoms with E-state index in [9.17, 15) is 19.2 Å². The molecule has 7 rings (SSSR count). The van der Waals surface area contributed by atoms with Crippen LogP contribution in [0.4, 0.5) is 9.59 Å². The van der Waals surface area contributed by atoms with E-state index >= 15 is 0 Å². The molecule has 2 aromatic carbocycles. The van der Waals surface area contributed by atoms with Crippen molar-refractivity contribution < 1.29 is 28.7 Å². The first kappa shape index (κ1) is 38.8. The van der Waals surface area contributed by atoms with Gasteiger partial charge in [0, 0.05) is 31.9 Å². The predicted octanol–water partition coefficient (Wildman–Crippen LogP) is 5.94. The van der Waals surface area contributed by atoms with Crippen LogP contribution in [0.25, 0.3) is 33.6 Å². The number of nitrogens with one attached hydrogen (secondary N) is 3. The second kappa shape index (κ2) is 17.1. The number of carbonyl (C=O) groups is 4. The SMILES string of the molecule is COC(=O)NC(C(=O)N1CCCC1c1ncc(-c2ccc(-c3ccc(-c4cnc([C@@H]5CCCN5C(=O)[C@H](Cc5ccncc5)OC(N)=O)[nH]4)cc3)cc2)[nH]1)C(C)C. The Bertz CT molecular complexity index is 2180. The van der Waals surface area contributed by atoms with Gasteiger partial charge in [-0.3, -0.25) is 14.6 Å². The number of H-pyrrole nitrogens is 2. The number of pyridine rings is 1. The van der Waals surface area contributed by atoms with E-state index in [1.807, 2.05) is 38.1 Å². The van der Waals surface area contributed by atoms with E-state index in [1.54, 1.807) is 46.7 Å². The number of hydrogen-bond donors (Lipinski definition) is 4. The number of amides is 4. The van der Waals surface area contributed by atoms with Gasteiger partial charge in [-0.25, -0.2) is 19.6 Å². The molecule has 57 heavy (non-hydrogen) atoms. The van der Waals surface area contributed by atoms with Crippen molar-refractivity contribution in [3.05, 3.63) is 103 Å². The average Bonchev–Trinajstić information content (AvgIpc) is 4.06. The van der Waals surface area contributed by atoms with E-state index in [1.165, 1.54) is 7.11 Å². The number of rotatable bonds is 12. The fourth-order valence-corrected chi connectivity index (χ4v) is 7.73. The molecular formula is C42H47N9O6. The summed E-state index contributed by atoms with van der Waals surface area (Å²) in [7, 11) is 1.29. The first-order valence-electron chi connectivity index (χ1n) is 19.2. The van der Waals surface area contributed by atoms with Crippen molar-refractivity contribution in [3.8, 4) is 33.6 Å². The highest BCUT2D eigenvalue weighted by atomic mass is 16.6. The van der Waals surface area contributed by atoms with E-state index in [0.29, 0.717) is 24.7 Å². The van der Waals surface area contributed by atoms with Gasteiger partial charge in [0.25, 0.3) is 5.91 Å². The number of nitrogens with zero attached hydrogens (tertiary/aromatic N) is 5. The van der Waals surface area contributed by atoms with Gasteiger partial charge in [0.15, 0.2) is 6.10 Å². The summed E-state index contributed by atoms with van der Waals surface area (Å²) in [5.41, 5.74) is 11.8. The van der Waals surface area contributed by atoms with Gasteiger partial charge in [0.2, 0.25) is 5.91 Å². The van der Waals surface area contributed by atoms with E-state index in [-0.39, 0.29) is 36.2 Å². The average molecular weight is 774 g/mol. The second-order valence-electron chi connectivity index (χ2n) is 14.7. The Balaban J connectivity index is 0.998. The van der Waals surface area contributed by atoms with Crippen LogP contribution in [-0.4, -0.2) is 91.1 Å². The number of alkyl carbamates (subject to hydrolysis) is 1. The van der Waals surface area contributed by atoms with E-state index in [0.717, 1.165) is 64.9 Å². The third-order valence-corrected chi connectivity index (χ3v) is 10.7. The molecule has 0 spiro atoms. The van der Waals surface area contributed by atoms with Crippen molar-refractivity contribution in [1.82, 2.24) is 40.0 Å². The molecule has 5 N–H and O–H groups in total. The molecule has 4 atom stereocenters. The monoisotopic (exact) mass is 773 g/mol. The van der Waals surface area contributed by atoms with Gasteiger partial charge >= 0.3 is 12.2 Å². The number of benzene rings is 2. The third-order valence-electron chi connectivity index (χ3n) is 10.7. The molecule has 15 nitrogen and oxygen atoms in total. The molecule has 2 aliphatic rings. The Morgan fingerprint density at radius 1 is 0.772 bits per heavy atom. The summed E-state index contributed by atoms with van der Waals surface area (Å²) in [6, 6.07) is 18.7. The molecule has 2 fully saturated rings. The fraction of sp³-hybridized carbons (Fsp3) is 0.357. The van der Waals surface area contributed by atoms with Crippen LogP contribution in [0.5, 0.6) is 0 Å². The molecule has 2 unspecified atom stereocenters. The number of primary amides is 1. The Morgan fingerprint density at radius 3 is 1.74 bits per heavy atom. The molecule has 15 heteroatoms. The van der Waals surface area contributed by atoms with Crippen molar-refractivity contribution >= 4 is 24.0 Å². The highest BCUT2D eigenvalue weighted by Crippen LogP contribution is 2.35.